The van der Waals surface area contributed by atoms with Crippen molar-refractivity contribution in [2.75, 3.05) is 13.7 Å². The third kappa shape index (κ3) is 4.25. The lowest BCUT2D eigenvalue weighted by Crippen LogP contribution is -2.34. The van der Waals surface area contributed by atoms with Crippen LogP contribution in [-0.2, 0) is 4.74 Å². The molecule has 0 aliphatic heterocycles. The molecule has 5 heteroatoms. The molecule has 1 atom stereocenters. The van der Waals surface area contributed by atoms with E-state index in [-0.39, 0.29) is 17.5 Å². The lowest BCUT2D eigenvalue weighted by Gasteiger charge is -2.25. The van der Waals surface area contributed by atoms with Gasteiger partial charge in [-0.2, -0.15) is 0 Å². The largest absolute Gasteiger partial charge is 0.496 e. The summed E-state index contributed by atoms with van der Waals surface area (Å²) in [6.45, 7) is 6.18. The van der Waals surface area contributed by atoms with Crippen LogP contribution in [0, 0.1) is 5.82 Å². The summed E-state index contributed by atoms with van der Waals surface area (Å²) in [4.78, 5) is 0. The molecule has 0 radical (unpaired) electrons. The van der Waals surface area contributed by atoms with Crippen molar-refractivity contribution in [2.45, 2.75) is 32.4 Å². The predicted octanol–water partition coefficient (Wildman–Crippen LogP) is 2.15. The van der Waals surface area contributed by atoms with Crippen molar-refractivity contribution in [3.8, 4) is 5.75 Å². The third-order valence-corrected chi connectivity index (χ3v) is 2.45. The Morgan fingerprint density at radius 2 is 2.06 bits per heavy atom. The normalized spacial score (nSPS) is 13.4. The van der Waals surface area contributed by atoms with Crippen LogP contribution in [0.5, 0.6) is 5.75 Å². The molecular weight excluding hydrogens is 235 g/mol. The zero-order valence-corrected chi connectivity index (χ0v) is 11.3. The van der Waals surface area contributed by atoms with E-state index in [0.29, 0.717) is 17.9 Å². The van der Waals surface area contributed by atoms with Crippen LogP contribution in [0.4, 0.5) is 4.39 Å². The number of methoxy groups -OCH3 is 1. The maximum atomic E-state index is 13.3. The van der Waals surface area contributed by atoms with Crippen LogP contribution in [0.15, 0.2) is 18.2 Å². The number of hydrazine groups is 1. The van der Waals surface area contributed by atoms with Gasteiger partial charge in [-0.1, -0.05) is 0 Å². The predicted molar refractivity (Wildman–Crippen MR) is 68.7 cm³/mol. The lowest BCUT2D eigenvalue weighted by molar-refractivity contribution is -0.0150. The number of nitrogens with one attached hydrogen (secondary N) is 1. The van der Waals surface area contributed by atoms with Crippen molar-refractivity contribution in [2.24, 2.45) is 5.84 Å². The molecule has 0 bridgehead atoms. The van der Waals surface area contributed by atoms with Gasteiger partial charge in [-0.3, -0.25) is 11.3 Å². The molecule has 0 saturated carbocycles. The fraction of sp³-hybridized carbons (Fsp3) is 0.538. The minimum absolute atomic E-state index is 0.282. The van der Waals surface area contributed by atoms with Gasteiger partial charge in [0.25, 0.3) is 0 Å². The molecule has 1 aromatic rings. The molecule has 18 heavy (non-hydrogen) atoms. The lowest BCUT2D eigenvalue weighted by atomic mass is 10.1. The Morgan fingerprint density at radius 3 is 2.56 bits per heavy atom. The van der Waals surface area contributed by atoms with Gasteiger partial charge in [0.05, 0.1) is 25.4 Å². The molecule has 1 rings (SSSR count). The van der Waals surface area contributed by atoms with Crippen LogP contribution in [0.1, 0.15) is 32.4 Å². The molecule has 0 saturated heterocycles. The van der Waals surface area contributed by atoms with Crippen molar-refractivity contribution < 1.29 is 13.9 Å². The van der Waals surface area contributed by atoms with Gasteiger partial charge in [-0.15, -0.1) is 0 Å². The number of rotatable bonds is 5. The van der Waals surface area contributed by atoms with E-state index in [4.69, 9.17) is 15.3 Å². The van der Waals surface area contributed by atoms with Crippen molar-refractivity contribution >= 4 is 0 Å². The van der Waals surface area contributed by atoms with E-state index in [9.17, 15) is 4.39 Å². The highest BCUT2D eigenvalue weighted by Crippen LogP contribution is 2.26. The molecule has 102 valence electrons. The van der Waals surface area contributed by atoms with E-state index < -0.39 is 0 Å². The van der Waals surface area contributed by atoms with E-state index in [0.717, 1.165) is 0 Å². The summed E-state index contributed by atoms with van der Waals surface area (Å²) in [6, 6.07) is 4.00. The van der Waals surface area contributed by atoms with Crippen LogP contribution in [0.3, 0.4) is 0 Å². The topological polar surface area (TPSA) is 56.5 Å². The van der Waals surface area contributed by atoms with Crippen molar-refractivity contribution in [3.63, 3.8) is 0 Å². The molecule has 4 nitrogen and oxygen atoms in total. The van der Waals surface area contributed by atoms with Gasteiger partial charge >= 0.3 is 0 Å². The average molecular weight is 256 g/mol. The van der Waals surface area contributed by atoms with E-state index in [1.54, 1.807) is 6.07 Å². The second kappa shape index (κ2) is 6.13. The fourth-order valence-electron chi connectivity index (χ4n) is 1.54. The molecule has 0 amide bonds. The van der Waals surface area contributed by atoms with Crippen LogP contribution in [0.25, 0.3) is 0 Å². The fourth-order valence-corrected chi connectivity index (χ4v) is 1.54. The average Bonchev–Trinajstić information content (AvgIpc) is 2.28. The van der Waals surface area contributed by atoms with Gasteiger partial charge in [-0.25, -0.2) is 4.39 Å². The highest BCUT2D eigenvalue weighted by molar-refractivity contribution is 5.36. The Labute approximate surface area is 107 Å². The van der Waals surface area contributed by atoms with E-state index in [1.165, 1.54) is 19.2 Å². The van der Waals surface area contributed by atoms with Crippen molar-refractivity contribution in [3.05, 3.63) is 29.6 Å². The third-order valence-electron chi connectivity index (χ3n) is 2.45. The Hall–Kier alpha value is -1.17. The molecular formula is C13H21FN2O2. The molecule has 0 heterocycles. The Balaban J connectivity index is 2.90. The first-order valence-electron chi connectivity index (χ1n) is 5.81. The van der Waals surface area contributed by atoms with Gasteiger partial charge in [0.2, 0.25) is 0 Å². The zero-order valence-electron chi connectivity index (χ0n) is 11.3. The van der Waals surface area contributed by atoms with E-state index in [1.807, 2.05) is 20.8 Å². The zero-order chi connectivity index (χ0) is 13.8. The minimum Gasteiger partial charge on any atom is -0.496 e. The Kier molecular flexibility index (Phi) is 5.07. The highest BCUT2D eigenvalue weighted by atomic mass is 19.1. The summed E-state index contributed by atoms with van der Waals surface area (Å²) in [6.07, 6.45) is 0. The smallest absolute Gasteiger partial charge is 0.123 e. The number of halogens is 1. The molecule has 3 N–H and O–H groups in total. The summed E-state index contributed by atoms with van der Waals surface area (Å²) in [5, 5.41) is 0. The maximum Gasteiger partial charge on any atom is 0.123 e. The SMILES string of the molecule is COc1ccc(F)cc1C(COC(C)(C)C)NN. The summed E-state index contributed by atoms with van der Waals surface area (Å²) in [5.41, 5.74) is 2.98. The summed E-state index contributed by atoms with van der Waals surface area (Å²) in [5.74, 6) is 5.75. The summed E-state index contributed by atoms with van der Waals surface area (Å²) >= 11 is 0. The molecule has 0 fully saturated rings. The first kappa shape index (κ1) is 14.9. The van der Waals surface area contributed by atoms with Crippen molar-refractivity contribution in [1.29, 1.82) is 0 Å². The summed E-state index contributed by atoms with van der Waals surface area (Å²) in [7, 11) is 1.54. The highest BCUT2D eigenvalue weighted by Gasteiger charge is 2.19. The van der Waals surface area contributed by atoms with Gasteiger partial charge in [0.1, 0.15) is 11.6 Å². The minimum atomic E-state index is -0.332. The second-order valence-electron chi connectivity index (χ2n) is 5.03. The number of nitrogens with two attached hydrogens (primary N) is 1. The Bertz CT molecular complexity index is 391. The molecule has 1 unspecified atom stereocenters. The summed E-state index contributed by atoms with van der Waals surface area (Å²) < 4.78 is 24.1. The first-order chi connectivity index (χ1) is 8.37. The first-order valence-corrected chi connectivity index (χ1v) is 5.81. The van der Waals surface area contributed by atoms with Gasteiger partial charge < -0.3 is 9.47 Å². The molecule has 0 aliphatic carbocycles. The number of benzene rings is 1. The Morgan fingerprint density at radius 1 is 1.39 bits per heavy atom. The van der Waals surface area contributed by atoms with Gasteiger partial charge in [0, 0.05) is 5.56 Å². The van der Waals surface area contributed by atoms with Crippen LogP contribution >= 0.6 is 0 Å². The van der Waals surface area contributed by atoms with Crippen LogP contribution in [-0.4, -0.2) is 19.3 Å². The van der Waals surface area contributed by atoms with Gasteiger partial charge in [-0.05, 0) is 39.0 Å². The quantitative estimate of drug-likeness (QED) is 0.626. The van der Waals surface area contributed by atoms with Gasteiger partial charge in [0.15, 0.2) is 0 Å². The monoisotopic (exact) mass is 256 g/mol. The molecule has 1 aromatic carbocycles. The van der Waals surface area contributed by atoms with E-state index in [2.05, 4.69) is 5.43 Å². The van der Waals surface area contributed by atoms with Crippen LogP contribution < -0.4 is 16.0 Å². The molecule has 0 aromatic heterocycles. The van der Waals surface area contributed by atoms with Crippen LogP contribution in [0.2, 0.25) is 0 Å². The maximum absolute atomic E-state index is 13.3. The number of hydrogen-bond donors (Lipinski definition) is 2. The molecule has 0 aliphatic rings. The van der Waals surface area contributed by atoms with Crippen molar-refractivity contribution in [1.82, 2.24) is 5.43 Å². The molecule has 0 spiro atoms. The second-order valence-corrected chi connectivity index (χ2v) is 5.03. The standard InChI is InChI=1S/C13H21FN2O2/c1-13(2,3)18-8-11(16-15)10-7-9(14)5-6-12(10)17-4/h5-7,11,16H,8,15H2,1-4H3. The number of hydrogen-bond acceptors (Lipinski definition) is 4. The van der Waals surface area contributed by atoms with E-state index >= 15 is 0 Å². The number of ether oxygens (including phenoxy) is 2.